The van der Waals surface area contributed by atoms with Gasteiger partial charge in [0.2, 0.25) is 0 Å². The van der Waals surface area contributed by atoms with Gasteiger partial charge in [-0.2, -0.15) is 10.4 Å². The maximum absolute atomic E-state index is 11.9. The van der Waals surface area contributed by atoms with Crippen molar-refractivity contribution >= 4 is 5.97 Å². The van der Waals surface area contributed by atoms with Gasteiger partial charge >= 0.3 is 5.97 Å². The summed E-state index contributed by atoms with van der Waals surface area (Å²) in [5.41, 5.74) is 2.02. The highest BCUT2D eigenvalue weighted by Crippen LogP contribution is 2.34. The number of carbonyl (C=O) groups is 1. The summed E-state index contributed by atoms with van der Waals surface area (Å²) >= 11 is 0. The fourth-order valence-corrected chi connectivity index (χ4v) is 2.59. The number of benzene rings is 2. The summed E-state index contributed by atoms with van der Waals surface area (Å²) in [6, 6.07) is 14.6. The molecule has 1 heterocycles. The number of hydrogen-bond acceptors (Lipinski definition) is 4. The summed E-state index contributed by atoms with van der Waals surface area (Å²) in [4.78, 5) is 11.9. The van der Waals surface area contributed by atoms with E-state index in [9.17, 15) is 15.2 Å². The van der Waals surface area contributed by atoms with Gasteiger partial charge < -0.3 is 9.84 Å². The molecule has 0 radical (unpaired) electrons. The van der Waals surface area contributed by atoms with Crippen LogP contribution in [-0.2, 0) is 13.7 Å². The Labute approximate surface area is 144 Å². The molecule has 0 fully saturated rings. The van der Waals surface area contributed by atoms with E-state index in [1.165, 1.54) is 12.3 Å². The van der Waals surface area contributed by atoms with E-state index in [-0.39, 0.29) is 23.5 Å². The monoisotopic (exact) mass is 333 g/mol. The van der Waals surface area contributed by atoms with E-state index in [0.717, 1.165) is 5.56 Å². The normalized spacial score (nSPS) is 10.2. The van der Waals surface area contributed by atoms with Gasteiger partial charge in [-0.1, -0.05) is 30.3 Å². The molecule has 1 aromatic heterocycles. The molecule has 3 aromatic rings. The van der Waals surface area contributed by atoms with Crippen LogP contribution in [-0.4, -0.2) is 20.9 Å². The Morgan fingerprint density at radius 3 is 2.64 bits per heavy atom. The standard InChI is InChI=1S/C19H15N3O3/c1-22-11-15(10-21-22)17-14(9-20)7-8-16(18(17)19(23)24)25-12-13-5-3-2-4-6-13/h2-8,10-11H,12H2,1H3,(H,23,24). The number of aryl methyl sites for hydroxylation is 1. The van der Waals surface area contributed by atoms with Gasteiger partial charge in [-0.3, -0.25) is 4.68 Å². The maximum atomic E-state index is 11.9. The third-order valence-corrected chi connectivity index (χ3v) is 3.73. The summed E-state index contributed by atoms with van der Waals surface area (Å²) in [5, 5.41) is 23.2. The van der Waals surface area contributed by atoms with Crippen molar-refractivity contribution in [3.05, 3.63) is 71.5 Å². The fraction of sp³-hybridized carbons (Fsp3) is 0.105. The van der Waals surface area contributed by atoms with Gasteiger partial charge in [-0.15, -0.1) is 0 Å². The van der Waals surface area contributed by atoms with Crippen molar-refractivity contribution in [1.82, 2.24) is 9.78 Å². The Hall–Kier alpha value is -3.59. The second kappa shape index (κ2) is 6.89. The van der Waals surface area contributed by atoms with E-state index in [1.807, 2.05) is 36.4 Å². The van der Waals surface area contributed by atoms with Crippen LogP contribution in [0.15, 0.2) is 54.9 Å². The van der Waals surface area contributed by atoms with Gasteiger partial charge in [0.25, 0.3) is 0 Å². The minimum absolute atomic E-state index is 0.0389. The number of aromatic carboxylic acids is 1. The summed E-state index contributed by atoms with van der Waals surface area (Å²) in [5.74, 6) is -0.937. The molecule has 0 aliphatic rings. The van der Waals surface area contributed by atoms with E-state index in [0.29, 0.717) is 11.1 Å². The SMILES string of the molecule is Cn1cc(-c2c(C#N)ccc(OCc3ccccc3)c2C(=O)O)cn1. The Balaban J connectivity index is 2.07. The smallest absolute Gasteiger partial charge is 0.340 e. The molecule has 25 heavy (non-hydrogen) atoms. The van der Waals surface area contributed by atoms with Crippen LogP contribution in [0.2, 0.25) is 0 Å². The van der Waals surface area contributed by atoms with E-state index >= 15 is 0 Å². The topological polar surface area (TPSA) is 88.1 Å². The van der Waals surface area contributed by atoms with Crippen LogP contribution >= 0.6 is 0 Å². The van der Waals surface area contributed by atoms with Crippen LogP contribution in [0, 0.1) is 11.3 Å². The van der Waals surface area contributed by atoms with Crippen molar-refractivity contribution in [3.63, 3.8) is 0 Å². The van der Waals surface area contributed by atoms with Gasteiger partial charge in [0, 0.05) is 24.4 Å². The molecule has 0 saturated heterocycles. The second-order valence-corrected chi connectivity index (χ2v) is 5.46. The molecule has 3 rings (SSSR count). The van der Waals surface area contributed by atoms with Gasteiger partial charge in [0.05, 0.1) is 17.8 Å². The number of aromatic nitrogens is 2. The summed E-state index contributed by atoms with van der Waals surface area (Å²) in [7, 11) is 1.73. The zero-order chi connectivity index (χ0) is 17.8. The summed E-state index contributed by atoms with van der Waals surface area (Å²) in [6.07, 6.45) is 3.20. The number of carboxylic acids is 1. The van der Waals surface area contributed by atoms with Crippen molar-refractivity contribution in [1.29, 1.82) is 5.26 Å². The van der Waals surface area contributed by atoms with Crippen LogP contribution < -0.4 is 4.74 Å². The highest BCUT2D eigenvalue weighted by molar-refractivity contribution is 6.00. The quantitative estimate of drug-likeness (QED) is 0.774. The molecular formula is C19H15N3O3. The number of rotatable bonds is 5. The molecule has 0 amide bonds. The lowest BCUT2D eigenvalue weighted by atomic mass is 9.96. The average molecular weight is 333 g/mol. The largest absolute Gasteiger partial charge is 0.488 e. The Morgan fingerprint density at radius 1 is 1.28 bits per heavy atom. The first-order valence-corrected chi connectivity index (χ1v) is 7.56. The third-order valence-electron chi connectivity index (χ3n) is 3.73. The number of hydrogen-bond donors (Lipinski definition) is 1. The molecule has 0 spiro atoms. The predicted molar refractivity (Wildman–Crippen MR) is 91.1 cm³/mol. The van der Waals surface area contributed by atoms with Crippen molar-refractivity contribution in [2.75, 3.05) is 0 Å². The molecule has 0 unspecified atom stereocenters. The maximum Gasteiger partial charge on any atom is 0.340 e. The first-order chi connectivity index (χ1) is 12.1. The highest BCUT2D eigenvalue weighted by Gasteiger charge is 2.22. The molecule has 0 bridgehead atoms. The number of nitriles is 1. The number of nitrogens with zero attached hydrogens (tertiary/aromatic N) is 3. The Bertz CT molecular complexity index is 956. The van der Waals surface area contributed by atoms with Gasteiger partial charge in [-0.25, -0.2) is 4.79 Å². The predicted octanol–water partition coefficient (Wildman–Crippen LogP) is 3.24. The van der Waals surface area contributed by atoms with Crippen LogP contribution in [0.3, 0.4) is 0 Å². The zero-order valence-corrected chi connectivity index (χ0v) is 13.5. The molecule has 0 aliphatic carbocycles. The van der Waals surface area contributed by atoms with E-state index in [4.69, 9.17) is 4.74 Å². The average Bonchev–Trinajstić information content (AvgIpc) is 3.05. The zero-order valence-electron chi connectivity index (χ0n) is 13.5. The lowest BCUT2D eigenvalue weighted by molar-refractivity contribution is 0.0692. The lowest BCUT2D eigenvalue weighted by Gasteiger charge is -2.13. The van der Waals surface area contributed by atoms with Gasteiger partial charge in [0.1, 0.15) is 17.9 Å². The lowest BCUT2D eigenvalue weighted by Crippen LogP contribution is -2.07. The van der Waals surface area contributed by atoms with E-state index in [2.05, 4.69) is 5.10 Å². The van der Waals surface area contributed by atoms with Crippen LogP contribution in [0.5, 0.6) is 5.75 Å². The first kappa shape index (κ1) is 16.3. The van der Waals surface area contributed by atoms with Gasteiger partial charge in [0.15, 0.2) is 0 Å². The summed E-state index contributed by atoms with van der Waals surface area (Å²) < 4.78 is 7.29. The molecule has 0 aliphatic heterocycles. The molecule has 2 aromatic carbocycles. The summed E-state index contributed by atoms with van der Waals surface area (Å²) in [6.45, 7) is 0.236. The minimum atomic E-state index is -1.15. The molecule has 1 N–H and O–H groups in total. The van der Waals surface area contributed by atoms with Crippen LogP contribution in [0.1, 0.15) is 21.5 Å². The number of ether oxygens (including phenoxy) is 1. The van der Waals surface area contributed by atoms with Crippen molar-refractivity contribution in [2.24, 2.45) is 7.05 Å². The van der Waals surface area contributed by atoms with Gasteiger partial charge in [-0.05, 0) is 17.7 Å². The molecule has 0 atom stereocenters. The molecule has 0 saturated carbocycles. The van der Waals surface area contributed by atoms with Crippen molar-refractivity contribution < 1.29 is 14.6 Å². The highest BCUT2D eigenvalue weighted by atomic mass is 16.5. The van der Waals surface area contributed by atoms with Crippen LogP contribution in [0.4, 0.5) is 0 Å². The second-order valence-electron chi connectivity index (χ2n) is 5.46. The molecular weight excluding hydrogens is 318 g/mol. The van der Waals surface area contributed by atoms with Crippen molar-refractivity contribution in [2.45, 2.75) is 6.61 Å². The van der Waals surface area contributed by atoms with Crippen LogP contribution in [0.25, 0.3) is 11.1 Å². The van der Waals surface area contributed by atoms with E-state index < -0.39 is 5.97 Å². The molecule has 6 heteroatoms. The minimum Gasteiger partial charge on any atom is -0.488 e. The fourth-order valence-electron chi connectivity index (χ4n) is 2.59. The molecule has 124 valence electrons. The molecule has 6 nitrogen and oxygen atoms in total. The Morgan fingerprint density at radius 2 is 2.04 bits per heavy atom. The third kappa shape index (κ3) is 3.35. The Kier molecular flexibility index (Phi) is 4.48. The van der Waals surface area contributed by atoms with E-state index in [1.54, 1.807) is 24.0 Å². The first-order valence-electron chi connectivity index (χ1n) is 7.56. The number of carboxylic acid groups (broad SMARTS) is 1. The van der Waals surface area contributed by atoms with Crippen molar-refractivity contribution in [3.8, 4) is 22.9 Å².